The summed E-state index contributed by atoms with van der Waals surface area (Å²) in [6, 6.07) is 7.65. The molecular formula is C15H21NO3. The quantitative estimate of drug-likeness (QED) is 0.872. The molecule has 1 atom stereocenters. The van der Waals surface area contributed by atoms with Crippen molar-refractivity contribution in [2.75, 3.05) is 0 Å². The Kier molecular flexibility index (Phi) is 3.31. The van der Waals surface area contributed by atoms with Gasteiger partial charge in [0.15, 0.2) is 6.10 Å². The van der Waals surface area contributed by atoms with E-state index in [0.29, 0.717) is 6.42 Å². The molecule has 0 fully saturated rings. The van der Waals surface area contributed by atoms with Gasteiger partial charge in [0.05, 0.1) is 11.1 Å². The Balaban J connectivity index is 2.05. The Bertz CT molecular complexity index is 463. The molecule has 0 saturated carbocycles. The van der Waals surface area contributed by atoms with Gasteiger partial charge in [0.25, 0.3) is 5.91 Å². The summed E-state index contributed by atoms with van der Waals surface area (Å²) < 4.78 is 5.63. The maximum atomic E-state index is 12.2. The highest BCUT2D eigenvalue weighted by molar-refractivity contribution is 5.83. The van der Waals surface area contributed by atoms with Gasteiger partial charge >= 0.3 is 0 Å². The van der Waals surface area contributed by atoms with E-state index >= 15 is 0 Å². The molecule has 4 heteroatoms. The van der Waals surface area contributed by atoms with Crippen LogP contribution in [0.2, 0.25) is 0 Å². The van der Waals surface area contributed by atoms with Crippen LogP contribution in [0.4, 0.5) is 0 Å². The van der Waals surface area contributed by atoms with Crippen molar-refractivity contribution in [2.24, 2.45) is 0 Å². The molecule has 2 N–H and O–H groups in total. The summed E-state index contributed by atoms with van der Waals surface area (Å²) in [6.45, 7) is 6.95. The van der Waals surface area contributed by atoms with E-state index in [-0.39, 0.29) is 5.91 Å². The molecule has 0 spiro atoms. The number of rotatable bonds is 3. The van der Waals surface area contributed by atoms with Crippen LogP contribution in [-0.4, -0.2) is 28.3 Å². The van der Waals surface area contributed by atoms with Gasteiger partial charge in [0.2, 0.25) is 0 Å². The van der Waals surface area contributed by atoms with Crippen molar-refractivity contribution in [3.63, 3.8) is 0 Å². The summed E-state index contributed by atoms with van der Waals surface area (Å²) in [5.74, 6) is 0.576. The topological polar surface area (TPSA) is 58.6 Å². The van der Waals surface area contributed by atoms with Crippen LogP contribution in [0.3, 0.4) is 0 Å². The highest BCUT2D eigenvalue weighted by atomic mass is 16.5. The lowest BCUT2D eigenvalue weighted by Crippen LogP contribution is -2.60. The molecule has 1 unspecified atom stereocenters. The zero-order valence-corrected chi connectivity index (χ0v) is 11.9. The number of nitrogens with one attached hydrogen (secondary N) is 1. The van der Waals surface area contributed by atoms with E-state index in [4.69, 9.17) is 4.74 Å². The molecule has 2 rings (SSSR count). The lowest BCUT2D eigenvalue weighted by molar-refractivity contribution is -0.132. The van der Waals surface area contributed by atoms with Crippen LogP contribution < -0.4 is 10.1 Å². The van der Waals surface area contributed by atoms with Crippen LogP contribution in [0.25, 0.3) is 0 Å². The minimum absolute atomic E-state index is 0.191. The number of ether oxygens (including phenoxy) is 1. The number of hydrogen-bond acceptors (Lipinski definition) is 3. The van der Waals surface area contributed by atoms with Crippen molar-refractivity contribution in [3.05, 3.63) is 29.8 Å². The van der Waals surface area contributed by atoms with Crippen molar-refractivity contribution in [1.29, 1.82) is 0 Å². The highest BCUT2D eigenvalue weighted by Crippen LogP contribution is 2.29. The smallest absolute Gasteiger partial charge is 0.261 e. The summed E-state index contributed by atoms with van der Waals surface area (Å²) in [4.78, 5) is 12.2. The third-order valence-electron chi connectivity index (χ3n) is 3.90. The van der Waals surface area contributed by atoms with Gasteiger partial charge in [-0.3, -0.25) is 4.79 Å². The van der Waals surface area contributed by atoms with Crippen molar-refractivity contribution in [2.45, 2.75) is 51.4 Å². The van der Waals surface area contributed by atoms with Crippen molar-refractivity contribution >= 4 is 5.91 Å². The van der Waals surface area contributed by atoms with E-state index in [1.165, 1.54) is 0 Å². The Labute approximate surface area is 113 Å². The number of aliphatic hydroxyl groups is 1. The molecule has 1 aliphatic heterocycles. The van der Waals surface area contributed by atoms with Gasteiger partial charge in [0.1, 0.15) is 5.75 Å². The van der Waals surface area contributed by atoms with Crippen molar-refractivity contribution in [3.8, 4) is 5.75 Å². The predicted octanol–water partition coefficient (Wildman–Crippen LogP) is 1.66. The third-order valence-corrected chi connectivity index (χ3v) is 3.90. The number of amides is 1. The fraction of sp³-hybridized carbons (Fsp3) is 0.533. The summed E-state index contributed by atoms with van der Waals surface area (Å²) >= 11 is 0. The van der Waals surface area contributed by atoms with Crippen LogP contribution in [-0.2, 0) is 11.2 Å². The normalized spacial score (nSPS) is 18.7. The fourth-order valence-electron chi connectivity index (χ4n) is 1.87. The van der Waals surface area contributed by atoms with Gasteiger partial charge in [0, 0.05) is 6.42 Å². The van der Waals surface area contributed by atoms with Gasteiger partial charge in [-0.15, -0.1) is 0 Å². The molecule has 1 aromatic rings. The molecule has 1 heterocycles. The second kappa shape index (κ2) is 4.53. The number of carbonyl (C=O) groups is 1. The SMILES string of the molecule is CC(C)(O)C(C)(C)NC(=O)C1Cc2ccccc2O1. The van der Waals surface area contributed by atoms with Crippen LogP contribution in [0.5, 0.6) is 5.75 Å². The average Bonchev–Trinajstić information content (AvgIpc) is 2.70. The van der Waals surface area contributed by atoms with E-state index in [1.807, 2.05) is 24.3 Å². The highest BCUT2D eigenvalue weighted by Gasteiger charge is 2.39. The van der Waals surface area contributed by atoms with Gasteiger partial charge in [-0.25, -0.2) is 0 Å². The summed E-state index contributed by atoms with van der Waals surface area (Å²) in [5, 5.41) is 12.9. The number of benzene rings is 1. The van der Waals surface area contributed by atoms with Gasteiger partial charge in [-0.05, 0) is 39.3 Å². The average molecular weight is 263 g/mol. The molecule has 1 amide bonds. The minimum Gasteiger partial charge on any atom is -0.480 e. The van der Waals surface area contributed by atoms with E-state index in [0.717, 1.165) is 11.3 Å². The molecule has 4 nitrogen and oxygen atoms in total. The Morgan fingerprint density at radius 3 is 2.53 bits per heavy atom. The lowest BCUT2D eigenvalue weighted by Gasteiger charge is -2.38. The second-order valence-corrected chi connectivity index (χ2v) is 6.09. The first-order chi connectivity index (χ1) is 8.71. The zero-order valence-electron chi connectivity index (χ0n) is 11.9. The monoisotopic (exact) mass is 263 g/mol. The first-order valence-corrected chi connectivity index (χ1v) is 6.50. The number of carbonyl (C=O) groups excluding carboxylic acids is 1. The van der Waals surface area contributed by atoms with Gasteiger partial charge in [-0.2, -0.15) is 0 Å². The number of fused-ring (bicyclic) bond motifs is 1. The fourth-order valence-corrected chi connectivity index (χ4v) is 1.87. The summed E-state index contributed by atoms with van der Waals surface area (Å²) in [6.07, 6.45) is 0.0586. The minimum atomic E-state index is -1.01. The van der Waals surface area contributed by atoms with Gasteiger partial charge < -0.3 is 15.2 Å². The van der Waals surface area contributed by atoms with Crippen LogP contribution in [0, 0.1) is 0 Å². The molecule has 1 aliphatic rings. The first-order valence-electron chi connectivity index (χ1n) is 6.50. The Morgan fingerprint density at radius 1 is 1.32 bits per heavy atom. The van der Waals surface area contributed by atoms with E-state index < -0.39 is 17.2 Å². The molecule has 0 saturated heterocycles. The van der Waals surface area contributed by atoms with E-state index in [2.05, 4.69) is 5.32 Å². The molecule has 19 heavy (non-hydrogen) atoms. The molecule has 0 bridgehead atoms. The Hall–Kier alpha value is -1.55. The summed E-state index contributed by atoms with van der Waals surface area (Å²) in [5.41, 5.74) is -0.681. The molecule has 0 aliphatic carbocycles. The molecule has 104 valence electrons. The largest absolute Gasteiger partial charge is 0.480 e. The number of para-hydroxylation sites is 1. The standard InChI is InChI=1S/C15H21NO3/c1-14(2,15(3,4)18)16-13(17)12-9-10-7-5-6-8-11(10)19-12/h5-8,12,18H,9H2,1-4H3,(H,16,17). The van der Waals surface area contributed by atoms with Crippen molar-refractivity contribution in [1.82, 2.24) is 5.32 Å². The third kappa shape index (κ3) is 2.73. The number of hydrogen-bond donors (Lipinski definition) is 2. The molecular weight excluding hydrogens is 242 g/mol. The maximum absolute atomic E-state index is 12.2. The second-order valence-electron chi connectivity index (χ2n) is 6.09. The Morgan fingerprint density at radius 2 is 1.95 bits per heavy atom. The summed E-state index contributed by atoms with van der Waals surface area (Å²) in [7, 11) is 0. The first kappa shape index (κ1) is 13.9. The van der Waals surface area contributed by atoms with Crippen molar-refractivity contribution < 1.29 is 14.6 Å². The van der Waals surface area contributed by atoms with E-state index in [1.54, 1.807) is 27.7 Å². The van der Waals surface area contributed by atoms with Crippen LogP contribution >= 0.6 is 0 Å². The molecule has 0 aromatic heterocycles. The van der Waals surface area contributed by atoms with Crippen LogP contribution in [0.1, 0.15) is 33.3 Å². The van der Waals surface area contributed by atoms with Gasteiger partial charge in [-0.1, -0.05) is 18.2 Å². The lowest BCUT2D eigenvalue weighted by atomic mass is 9.85. The zero-order chi connectivity index (χ0) is 14.3. The molecule has 0 radical (unpaired) electrons. The van der Waals surface area contributed by atoms with E-state index in [9.17, 15) is 9.90 Å². The molecule has 1 aromatic carbocycles. The predicted molar refractivity (Wildman–Crippen MR) is 73.1 cm³/mol. The maximum Gasteiger partial charge on any atom is 0.261 e. The van der Waals surface area contributed by atoms with Crippen LogP contribution in [0.15, 0.2) is 24.3 Å².